The van der Waals surface area contributed by atoms with Gasteiger partial charge in [-0.15, -0.1) is 0 Å². The number of carbonyl (C=O) groups is 3. The van der Waals surface area contributed by atoms with Crippen molar-refractivity contribution in [1.82, 2.24) is 15.5 Å². The monoisotopic (exact) mass is 753 g/mol. The lowest BCUT2D eigenvalue weighted by Gasteiger charge is -2.58. The Morgan fingerprint density at radius 3 is 2.21 bits per heavy atom. The minimum Gasteiger partial charge on any atom is -0.444 e. The number of nitrogens with zero attached hydrogens (tertiary/aromatic N) is 1. The number of amides is 3. The number of rotatable bonds is 13. The van der Waals surface area contributed by atoms with Gasteiger partial charge in [0.25, 0.3) is 0 Å². The summed E-state index contributed by atoms with van der Waals surface area (Å²) >= 11 is 0. The van der Waals surface area contributed by atoms with Crippen LogP contribution in [-0.2, 0) is 28.9 Å². The summed E-state index contributed by atoms with van der Waals surface area (Å²) in [6, 6.07) is 0. The van der Waals surface area contributed by atoms with E-state index < -0.39 is 33.8 Å². The molecule has 3 saturated carbocycles. The molecule has 0 saturated heterocycles. The first-order valence-corrected chi connectivity index (χ1v) is 21.0. The van der Waals surface area contributed by atoms with E-state index in [0.29, 0.717) is 82.0 Å². The summed E-state index contributed by atoms with van der Waals surface area (Å²) < 4.78 is 47.9. The van der Waals surface area contributed by atoms with Gasteiger partial charge in [0.05, 0.1) is 6.10 Å². The molecule has 3 amide bonds. The van der Waals surface area contributed by atoms with E-state index in [2.05, 4.69) is 37.5 Å². The lowest BCUT2D eigenvalue weighted by molar-refractivity contribution is -0.129. The van der Waals surface area contributed by atoms with Crippen LogP contribution in [0.5, 0.6) is 0 Å². The molecule has 0 aromatic rings. The van der Waals surface area contributed by atoms with Crippen molar-refractivity contribution in [1.29, 1.82) is 0 Å². The van der Waals surface area contributed by atoms with E-state index in [9.17, 15) is 27.4 Å². The molecule has 12 nitrogen and oxygen atoms in total. The van der Waals surface area contributed by atoms with Crippen molar-refractivity contribution in [2.24, 2.45) is 40.4 Å². The average molecular weight is 754 g/mol. The zero-order valence-corrected chi connectivity index (χ0v) is 34.0. The van der Waals surface area contributed by atoms with Gasteiger partial charge in [0.15, 0.2) is 0 Å². The Bertz CT molecular complexity index is 1420. The topological polar surface area (TPSA) is 161 Å². The van der Waals surface area contributed by atoms with Crippen molar-refractivity contribution >= 4 is 28.5 Å². The number of nitrogens with one attached hydrogen (secondary N) is 2. The SMILES string of the molecule is CC(C(=O)NCCCN(CCCCNC(=O)OC(C)(C)C)C(=O)OC(C)(C)C)[C@H]1CC[C@H]2[C@@H]3CC=C4C[C@@H](OS(=O)(=O)O)CC[C@]4(C)[C@H]3CC[C@]12C. The van der Waals surface area contributed by atoms with Crippen molar-refractivity contribution in [3.8, 4) is 0 Å². The molecular weight excluding hydrogens is 687 g/mol. The molecule has 0 aliphatic heterocycles. The first-order valence-electron chi connectivity index (χ1n) is 19.6. The van der Waals surface area contributed by atoms with Gasteiger partial charge in [0.2, 0.25) is 5.91 Å². The smallest absolute Gasteiger partial charge is 0.410 e. The Kier molecular flexibility index (Phi) is 13.5. The van der Waals surface area contributed by atoms with Crippen LogP contribution in [-0.4, -0.2) is 79.4 Å². The van der Waals surface area contributed by atoms with E-state index in [0.717, 1.165) is 38.5 Å². The fraction of sp³-hybridized carbons (Fsp3) is 0.872. The van der Waals surface area contributed by atoms with Crippen LogP contribution in [0.25, 0.3) is 0 Å². The molecule has 8 atom stereocenters. The summed E-state index contributed by atoms with van der Waals surface area (Å²) in [4.78, 5) is 40.3. The van der Waals surface area contributed by atoms with Gasteiger partial charge < -0.3 is 25.0 Å². The zero-order chi connectivity index (χ0) is 38.7. The minimum atomic E-state index is -4.47. The Morgan fingerprint density at radius 1 is 0.904 bits per heavy atom. The number of carbonyl (C=O) groups excluding carboxylic acids is 3. The summed E-state index contributed by atoms with van der Waals surface area (Å²) in [5, 5.41) is 5.94. The van der Waals surface area contributed by atoms with Crippen LogP contribution in [0.4, 0.5) is 9.59 Å². The molecule has 4 aliphatic carbocycles. The zero-order valence-electron chi connectivity index (χ0n) is 33.2. The molecule has 3 fully saturated rings. The summed E-state index contributed by atoms with van der Waals surface area (Å²) in [5.41, 5.74) is 0.181. The molecule has 13 heteroatoms. The fourth-order valence-electron chi connectivity index (χ4n) is 10.1. The molecule has 4 rings (SSSR count). The van der Waals surface area contributed by atoms with Crippen LogP contribution in [0.3, 0.4) is 0 Å². The van der Waals surface area contributed by atoms with Gasteiger partial charge in [-0.2, -0.15) is 8.42 Å². The first kappa shape index (κ1) is 42.4. The second-order valence-electron chi connectivity index (χ2n) is 18.4. The third kappa shape index (κ3) is 10.9. The molecule has 0 radical (unpaired) electrons. The molecule has 0 heterocycles. The van der Waals surface area contributed by atoms with Crippen molar-refractivity contribution in [2.45, 2.75) is 150 Å². The predicted octanol–water partition coefficient (Wildman–Crippen LogP) is 7.44. The number of unbranched alkanes of at least 4 members (excludes halogenated alkanes) is 1. The Labute approximate surface area is 312 Å². The van der Waals surface area contributed by atoms with Crippen molar-refractivity contribution < 1.29 is 41.0 Å². The van der Waals surface area contributed by atoms with E-state index in [4.69, 9.17) is 13.7 Å². The predicted molar refractivity (Wildman–Crippen MR) is 200 cm³/mol. The minimum absolute atomic E-state index is 0.00850. The second-order valence-corrected chi connectivity index (χ2v) is 19.5. The van der Waals surface area contributed by atoms with Crippen LogP contribution >= 0.6 is 0 Å². The molecule has 0 aromatic heterocycles. The highest BCUT2D eigenvalue weighted by molar-refractivity contribution is 7.80. The molecule has 3 N–H and O–H groups in total. The number of hydrogen-bond donors (Lipinski definition) is 3. The Morgan fingerprint density at radius 2 is 1.56 bits per heavy atom. The van der Waals surface area contributed by atoms with Crippen LogP contribution in [0.1, 0.15) is 133 Å². The van der Waals surface area contributed by atoms with E-state index in [-0.39, 0.29) is 28.7 Å². The number of allylic oxidation sites excluding steroid dienone is 1. The van der Waals surface area contributed by atoms with Crippen molar-refractivity contribution in [2.75, 3.05) is 26.2 Å². The molecule has 298 valence electrons. The van der Waals surface area contributed by atoms with E-state index in [1.807, 2.05) is 41.5 Å². The molecule has 0 bridgehead atoms. The third-order valence-corrected chi connectivity index (χ3v) is 13.0. The van der Waals surface area contributed by atoms with Crippen LogP contribution in [0.2, 0.25) is 0 Å². The molecule has 52 heavy (non-hydrogen) atoms. The standard InChI is InChI=1S/C39H67N3O9S/c1-26(33(43)40-22-12-24-42(35(45)50-37(5,6)7)23-11-10-21-41-34(44)49-36(2,3)4)30-15-16-31-29-14-13-27-25-28(51-52(46,47)48)17-19-38(27,8)32(29)18-20-39(30,31)9/h13,26,28-32H,10-12,14-25H2,1-9H3,(H,40,43)(H,41,44)(H,46,47,48)/t26?,28-,29-,30+,31-,32-,38-,39+/m0/s1. The van der Waals surface area contributed by atoms with Gasteiger partial charge in [-0.1, -0.05) is 32.4 Å². The maximum absolute atomic E-state index is 13.6. The quantitative estimate of drug-likeness (QED) is 0.0987. The van der Waals surface area contributed by atoms with E-state index >= 15 is 0 Å². The van der Waals surface area contributed by atoms with E-state index in [1.165, 1.54) is 5.57 Å². The van der Waals surface area contributed by atoms with Crippen molar-refractivity contribution in [3.63, 3.8) is 0 Å². The first-order chi connectivity index (χ1) is 24.0. The van der Waals surface area contributed by atoms with E-state index in [1.54, 1.807) is 4.90 Å². The maximum Gasteiger partial charge on any atom is 0.410 e. The Hall–Kier alpha value is -2.38. The maximum atomic E-state index is 13.6. The molecule has 4 aliphatic rings. The fourth-order valence-corrected chi connectivity index (χ4v) is 10.6. The Balaban J connectivity index is 1.27. The number of ether oxygens (including phenoxy) is 2. The summed E-state index contributed by atoms with van der Waals surface area (Å²) in [6.45, 7) is 19.7. The third-order valence-electron chi connectivity index (χ3n) is 12.5. The average Bonchev–Trinajstić information content (AvgIpc) is 3.36. The summed E-state index contributed by atoms with van der Waals surface area (Å²) in [5.74, 6) is 1.84. The number of hydrogen-bond acceptors (Lipinski definition) is 8. The summed E-state index contributed by atoms with van der Waals surface area (Å²) in [6.07, 6.45) is 10.2. The molecule has 0 spiro atoms. The van der Waals surface area contributed by atoms with Gasteiger partial charge in [-0.3, -0.25) is 9.35 Å². The molecular formula is C39H67N3O9S. The van der Waals surface area contributed by atoms with Crippen LogP contribution < -0.4 is 10.6 Å². The second kappa shape index (κ2) is 16.6. The molecule has 1 unspecified atom stereocenters. The van der Waals surface area contributed by atoms with Gasteiger partial charge in [0.1, 0.15) is 11.2 Å². The lowest BCUT2D eigenvalue weighted by Crippen LogP contribution is -2.51. The van der Waals surface area contributed by atoms with Gasteiger partial charge in [-0.05, 0) is 147 Å². The van der Waals surface area contributed by atoms with Crippen LogP contribution in [0.15, 0.2) is 11.6 Å². The van der Waals surface area contributed by atoms with Gasteiger partial charge in [-0.25, -0.2) is 13.8 Å². The highest BCUT2D eigenvalue weighted by Gasteiger charge is 2.60. The van der Waals surface area contributed by atoms with Crippen molar-refractivity contribution in [3.05, 3.63) is 11.6 Å². The number of alkyl carbamates (subject to hydrolysis) is 1. The highest BCUT2D eigenvalue weighted by Crippen LogP contribution is 2.67. The molecule has 0 aromatic carbocycles. The largest absolute Gasteiger partial charge is 0.444 e. The van der Waals surface area contributed by atoms with Gasteiger partial charge in [0, 0.05) is 32.1 Å². The van der Waals surface area contributed by atoms with Crippen LogP contribution in [0, 0.1) is 40.4 Å². The lowest BCUT2D eigenvalue weighted by atomic mass is 9.47. The normalized spacial score (nSPS) is 30.9. The highest BCUT2D eigenvalue weighted by atomic mass is 32.3. The summed E-state index contributed by atoms with van der Waals surface area (Å²) in [7, 11) is -4.47. The number of fused-ring (bicyclic) bond motifs is 5. The van der Waals surface area contributed by atoms with Gasteiger partial charge >= 0.3 is 22.6 Å².